The number of pyridine rings is 3. The lowest BCUT2D eigenvalue weighted by atomic mass is 9.83. The molecule has 1 saturated carbocycles. The van der Waals surface area contributed by atoms with Crippen molar-refractivity contribution in [1.29, 1.82) is 0 Å². The molecule has 0 spiro atoms. The van der Waals surface area contributed by atoms with E-state index in [2.05, 4.69) is 48.1 Å². The summed E-state index contributed by atoms with van der Waals surface area (Å²) in [5.74, 6) is 1.22. The average Bonchev–Trinajstić information content (AvgIpc) is 3.36. The molecular weight excluding hydrogens is 388 g/mol. The van der Waals surface area contributed by atoms with Crippen LogP contribution in [-0.2, 0) is 0 Å². The summed E-state index contributed by atoms with van der Waals surface area (Å²) in [6.07, 6.45) is 10.8. The topological polar surface area (TPSA) is 108 Å². The van der Waals surface area contributed by atoms with Crippen molar-refractivity contribution in [3.05, 3.63) is 61.3 Å². The first-order valence-electron chi connectivity index (χ1n) is 10.3. The van der Waals surface area contributed by atoms with Crippen molar-refractivity contribution in [2.45, 2.75) is 19.3 Å². The number of fused-ring (bicyclic) bond motifs is 2. The van der Waals surface area contributed by atoms with Gasteiger partial charge in [-0.15, -0.1) is 0 Å². The fraction of sp³-hybridized carbons (Fsp3) is 0.174. The van der Waals surface area contributed by atoms with Crippen LogP contribution in [0.5, 0.6) is 0 Å². The minimum atomic E-state index is 0.561. The smallest absolute Gasteiger partial charge is 0.161 e. The quantitative estimate of drug-likeness (QED) is 0.390. The zero-order valence-electron chi connectivity index (χ0n) is 16.8. The van der Waals surface area contributed by atoms with Gasteiger partial charge in [0.1, 0.15) is 5.52 Å². The van der Waals surface area contributed by atoms with Crippen LogP contribution in [0.1, 0.15) is 19.3 Å². The highest BCUT2D eigenvalue weighted by molar-refractivity contribution is 5.91. The van der Waals surface area contributed by atoms with E-state index in [4.69, 9.17) is 4.98 Å². The molecule has 0 unspecified atom stereocenters. The lowest BCUT2D eigenvalue weighted by molar-refractivity contribution is 0.371. The molecular formula is C23H20N8. The Hall–Kier alpha value is -4.07. The first-order valence-corrected chi connectivity index (χ1v) is 10.3. The number of imidazole rings is 1. The predicted octanol–water partition coefficient (Wildman–Crippen LogP) is 4.68. The van der Waals surface area contributed by atoms with E-state index >= 15 is 0 Å². The van der Waals surface area contributed by atoms with Crippen LogP contribution in [-0.4, -0.2) is 35.1 Å². The molecule has 5 aromatic heterocycles. The molecule has 5 aromatic rings. The second kappa shape index (κ2) is 7.02. The van der Waals surface area contributed by atoms with Gasteiger partial charge in [-0.3, -0.25) is 15.1 Å². The van der Waals surface area contributed by atoms with Gasteiger partial charge in [-0.2, -0.15) is 5.10 Å². The second-order valence-electron chi connectivity index (χ2n) is 7.88. The van der Waals surface area contributed by atoms with E-state index in [9.17, 15) is 0 Å². The summed E-state index contributed by atoms with van der Waals surface area (Å²) in [6, 6.07) is 7.86. The molecule has 0 aromatic carbocycles. The highest BCUT2D eigenvalue weighted by Crippen LogP contribution is 2.33. The molecule has 0 radical (unpaired) electrons. The van der Waals surface area contributed by atoms with Crippen LogP contribution in [0.15, 0.2) is 61.3 Å². The minimum absolute atomic E-state index is 0.561. The van der Waals surface area contributed by atoms with Crippen molar-refractivity contribution in [1.82, 2.24) is 35.1 Å². The van der Waals surface area contributed by atoms with Crippen LogP contribution in [0.2, 0.25) is 0 Å². The normalized spacial score (nSPS) is 14.1. The van der Waals surface area contributed by atoms with Crippen LogP contribution >= 0.6 is 0 Å². The van der Waals surface area contributed by atoms with Crippen molar-refractivity contribution in [2.24, 2.45) is 5.92 Å². The predicted molar refractivity (Wildman–Crippen MR) is 120 cm³/mol. The largest absolute Gasteiger partial charge is 0.358 e. The molecule has 0 atom stereocenters. The Labute approximate surface area is 177 Å². The van der Waals surface area contributed by atoms with Crippen LogP contribution in [0.3, 0.4) is 0 Å². The molecule has 0 bridgehead atoms. The fourth-order valence-corrected chi connectivity index (χ4v) is 3.89. The van der Waals surface area contributed by atoms with E-state index in [-0.39, 0.29) is 0 Å². The maximum Gasteiger partial charge on any atom is 0.161 e. The van der Waals surface area contributed by atoms with E-state index in [1.165, 1.54) is 19.3 Å². The number of nitrogens with zero attached hydrogens (tertiary/aromatic N) is 5. The monoisotopic (exact) mass is 408 g/mol. The van der Waals surface area contributed by atoms with Gasteiger partial charge >= 0.3 is 0 Å². The molecule has 1 aliphatic carbocycles. The summed E-state index contributed by atoms with van der Waals surface area (Å²) in [6.45, 7) is 4.19. The maximum absolute atomic E-state index is 4.88. The Bertz CT molecular complexity index is 1390. The molecule has 8 nitrogen and oxygen atoms in total. The van der Waals surface area contributed by atoms with Crippen molar-refractivity contribution >= 4 is 27.8 Å². The molecule has 3 N–H and O–H groups in total. The van der Waals surface area contributed by atoms with E-state index < -0.39 is 0 Å². The SMILES string of the molecule is C=C(Nc1cncc(-c2ccc3[nH]nc(-c4nc5ccncc5[nH]4)c3n2)c1)C1CCC1. The van der Waals surface area contributed by atoms with Crippen LogP contribution in [0, 0.1) is 5.92 Å². The second-order valence-corrected chi connectivity index (χ2v) is 7.88. The maximum atomic E-state index is 4.88. The van der Waals surface area contributed by atoms with Gasteiger partial charge < -0.3 is 10.3 Å². The molecule has 1 fully saturated rings. The van der Waals surface area contributed by atoms with Crippen molar-refractivity contribution in [3.8, 4) is 22.8 Å². The van der Waals surface area contributed by atoms with Crippen LogP contribution < -0.4 is 5.32 Å². The number of hydrogen-bond acceptors (Lipinski definition) is 6. The minimum Gasteiger partial charge on any atom is -0.358 e. The fourth-order valence-electron chi connectivity index (χ4n) is 3.89. The molecule has 152 valence electrons. The number of anilines is 1. The van der Waals surface area contributed by atoms with E-state index in [0.29, 0.717) is 17.4 Å². The first-order chi connectivity index (χ1) is 15.2. The van der Waals surface area contributed by atoms with Gasteiger partial charge in [0.25, 0.3) is 0 Å². The molecule has 31 heavy (non-hydrogen) atoms. The van der Waals surface area contributed by atoms with Crippen molar-refractivity contribution in [2.75, 3.05) is 5.32 Å². The van der Waals surface area contributed by atoms with Crippen molar-refractivity contribution < 1.29 is 0 Å². The zero-order chi connectivity index (χ0) is 20.8. The highest BCUT2D eigenvalue weighted by atomic mass is 15.1. The van der Waals surface area contributed by atoms with Gasteiger partial charge in [0, 0.05) is 23.7 Å². The Morgan fingerprint density at radius 1 is 1.03 bits per heavy atom. The summed E-state index contributed by atoms with van der Waals surface area (Å²) in [5, 5.41) is 10.9. The van der Waals surface area contributed by atoms with Gasteiger partial charge in [-0.1, -0.05) is 13.0 Å². The van der Waals surface area contributed by atoms with Gasteiger partial charge in [-0.05, 0) is 43.0 Å². The lowest BCUT2D eigenvalue weighted by Crippen LogP contribution is -2.18. The van der Waals surface area contributed by atoms with Crippen molar-refractivity contribution in [3.63, 3.8) is 0 Å². The molecule has 0 saturated heterocycles. The number of rotatable bonds is 5. The summed E-state index contributed by atoms with van der Waals surface area (Å²) >= 11 is 0. The molecule has 8 heteroatoms. The molecule has 6 rings (SSSR count). The summed E-state index contributed by atoms with van der Waals surface area (Å²) < 4.78 is 0. The molecule has 0 amide bonds. The Morgan fingerprint density at radius 3 is 2.81 bits per heavy atom. The number of allylic oxidation sites excluding steroid dienone is 1. The van der Waals surface area contributed by atoms with Crippen LogP contribution in [0.4, 0.5) is 5.69 Å². The lowest BCUT2D eigenvalue weighted by Gasteiger charge is -2.28. The van der Waals surface area contributed by atoms with Gasteiger partial charge in [0.05, 0.1) is 40.3 Å². The van der Waals surface area contributed by atoms with Crippen LogP contribution in [0.25, 0.3) is 44.8 Å². The van der Waals surface area contributed by atoms with Gasteiger partial charge in [-0.25, -0.2) is 9.97 Å². The number of aromatic nitrogens is 7. The number of nitrogens with one attached hydrogen (secondary N) is 3. The Morgan fingerprint density at radius 2 is 1.97 bits per heavy atom. The standard InChI is InChI=1S/C23H20N8/c1-13(14-3-2-4-14)26-16-9-15(10-25-11-16)17-5-6-19-21(27-17)22(31-30-19)23-28-18-7-8-24-12-20(18)29-23/h5-12,14,26H,1-4H2,(H,28,29)(H,30,31). The van der Waals surface area contributed by atoms with Gasteiger partial charge in [0.15, 0.2) is 11.5 Å². The Balaban J connectivity index is 1.37. The zero-order valence-corrected chi connectivity index (χ0v) is 16.8. The Kier molecular flexibility index (Phi) is 4.02. The average molecular weight is 408 g/mol. The first kappa shape index (κ1) is 17.8. The van der Waals surface area contributed by atoms with E-state index in [1.54, 1.807) is 12.4 Å². The number of hydrogen-bond donors (Lipinski definition) is 3. The third-order valence-electron chi connectivity index (χ3n) is 5.85. The third-order valence-corrected chi connectivity index (χ3v) is 5.85. The summed E-state index contributed by atoms with van der Waals surface area (Å²) in [5.41, 5.74) is 7.70. The van der Waals surface area contributed by atoms with E-state index in [1.807, 2.05) is 30.6 Å². The third kappa shape index (κ3) is 3.13. The molecule has 5 heterocycles. The number of H-pyrrole nitrogens is 2. The summed E-state index contributed by atoms with van der Waals surface area (Å²) in [7, 11) is 0. The molecule has 1 aliphatic rings. The van der Waals surface area contributed by atoms with Gasteiger partial charge in [0.2, 0.25) is 0 Å². The molecule has 0 aliphatic heterocycles. The van der Waals surface area contributed by atoms with E-state index in [0.717, 1.165) is 44.7 Å². The number of aromatic amines is 2. The summed E-state index contributed by atoms with van der Waals surface area (Å²) in [4.78, 5) is 21.3. The highest BCUT2D eigenvalue weighted by Gasteiger charge is 2.20.